The van der Waals surface area contributed by atoms with Gasteiger partial charge in [0.05, 0.1) is 11.4 Å². The number of anilines is 1. The molecule has 1 N–H and O–H groups in total. The lowest BCUT2D eigenvalue weighted by Gasteiger charge is -2.10. The van der Waals surface area contributed by atoms with Crippen molar-refractivity contribution >= 4 is 21.7 Å². The van der Waals surface area contributed by atoms with Gasteiger partial charge < -0.3 is 5.32 Å². The first-order chi connectivity index (χ1) is 11.1. The van der Waals surface area contributed by atoms with Gasteiger partial charge in [0.15, 0.2) is 0 Å². The lowest BCUT2D eigenvalue weighted by atomic mass is 10.1. The van der Waals surface area contributed by atoms with Crippen molar-refractivity contribution in [1.82, 2.24) is 9.78 Å². The molecule has 3 nitrogen and oxygen atoms in total. The van der Waals surface area contributed by atoms with Crippen LogP contribution in [0.2, 0.25) is 0 Å². The molecule has 1 aliphatic rings. The van der Waals surface area contributed by atoms with Crippen LogP contribution in [0.5, 0.6) is 0 Å². The largest absolute Gasteiger partial charge is 0.369 e. The van der Waals surface area contributed by atoms with Gasteiger partial charge in [0.25, 0.3) is 0 Å². The maximum absolute atomic E-state index is 4.95. The Morgan fingerprint density at radius 1 is 1.13 bits per heavy atom. The standard InChI is InChI=1S/C19H18BrN3/c1-12-7-8-17(13(2)11-12)23-19-15(9-10-21-19)18(22-23)14-5-3-4-6-16(14)20/h3-8,11,21H,9-10H2,1-2H3. The summed E-state index contributed by atoms with van der Waals surface area (Å²) in [5, 5.41) is 8.45. The second kappa shape index (κ2) is 5.53. The Balaban J connectivity index is 1.94. The Morgan fingerprint density at radius 3 is 2.74 bits per heavy atom. The Labute approximate surface area is 144 Å². The van der Waals surface area contributed by atoms with Crippen LogP contribution in [0, 0.1) is 13.8 Å². The summed E-state index contributed by atoms with van der Waals surface area (Å²) in [4.78, 5) is 0. The van der Waals surface area contributed by atoms with Crippen LogP contribution in [0.3, 0.4) is 0 Å². The van der Waals surface area contributed by atoms with Gasteiger partial charge in [0, 0.05) is 22.1 Å². The smallest absolute Gasteiger partial charge is 0.133 e. The normalized spacial score (nSPS) is 13.0. The summed E-state index contributed by atoms with van der Waals surface area (Å²) in [7, 11) is 0. The van der Waals surface area contributed by atoms with Gasteiger partial charge in [-0.15, -0.1) is 0 Å². The number of nitrogens with one attached hydrogen (secondary N) is 1. The molecule has 3 aromatic rings. The van der Waals surface area contributed by atoms with Crippen LogP contribution in [0.25, 0.3) is 16.9 Å². The number of aromatic nitrogens is 2. The van der Waals surface area contributed by atoms with Crippen molar-refractivity contribution in [3.8, 4) is 16.9 Å². The van der Waals surface area contributed by atoms with Crippen LogP contribution >= 0.6 is 15.9 Å². The molecule has 1 aromatic heterocycles. The third kappa shape index (κ3) is 2.38. The molecule has 4 heteroatoms. The second-order valence-corrected chi connectivity index (χ2v) is 6.89. The summed E-state index contributed by atoms with van der Waals surface area (Å²) in [5.74, 6) is 1.13. The topological polar surface area (TPSA) is 29.9 Å². The van der Waals surface area contributed by atoms with Crippen molar-refractivity contribution in [1.29, 1.82) is 0 Å². The minimum atomic E-state index is 0.968. The molecule has 0 aliphatic carbocycles. The predicted molar refractivity (Wildman–Crippen MR) is 98.4 cm³/mol. The third-order valence-corrected chi connectivity index (χ3v) is 5.05. The zero-order valence-electron chi connectivity index (χ0n) is 13.2. The molecular formula is C19H18BrN3. The molecule has 0 radical (unpaired) electrons. The van der Waals surface area contributed by atoms with E-state index in [1.54, 1.807) is 0 Å². The molecule has 4 rings (SSSR count). The number of hydrogen-bond acceptors (Lipinski definition) is 2. The van der Waals surface area contributed by atoms with E-state index in [0.717, 1.165) is 40.2 Å². The molecule has 2 aromatic carbocycles. The fraction of sp³-hybridized carbons (Fsp3) is 0.211. The molecule has 0 bridgehead atoms. The zero-order valence-corrected chi connectivity index (χ0v) is 14.8. The van der Waals surface area contributed by atoms with Gasteiger partial charge in [-0.05, 0) is 38.0 Å². The van der Waals surface area contributed by atoms with E-state index in [4.69, 9.17) is 5.10 Å². The highest BCUT2D eigenvalue weighted by molar-refractivity contribution is 9.10. The SMILES string of the molecule is Cc1ccc(-n2nc(-c3ccccc3Br)c3c2NCC3)c(C)c1. The number of rotatable bonds is 2. The molecule has 0 saturated carbocycles. The van der Waals surface area contributed by atoms with Crippen molar-refractivity contribution < 1.29 is 0 Å². The van der Waals surface area contributed by atoms with E-state index in [9.17, 15) is 0 Å². The molecular weight excluding hydrogens is 350 g/mol. The van der Waals surface area contributed by atoms with Gasteiger partial charge in [0.1, 0.15) is 5.82 Å². The average Bonchev–Trinajstić information content (AvgIpc) is 3.11. The first-order valence-corrected chi connectivity index (χ1v) is 8.63. The number of aryl methyl sites for hydroxylation is 2. The van der Waals surface area contributed by atoms with Crippen LogP contribution in [-0.4, -0.2) is 16.3 Å². The lowest BCUT2D eigenvalue weighted by Crippen LogP contribution is -2.05. The van der Waals surface area contributed by atoms with E-state index < -0.39 is 0 Å². The molecule has 23 heavy (non-hydrogen) atoms. The molecule has 2 heterocycles. The summed E-state index contributed by atoms with van der Waals surface area (Å²) < 4.78 is 3.14. The number of hydrogen-bond donors (Lipinski definition) is 1. The Hall–Kier alpha value is -2.07. The summed E-state index contributed by atoms with van der Waals surface area (Å²) in [5.41, 5.74) is 7.17. The van der Waals surface area contributed by atoms with Crippen LogP contribution in [-0.2, 0) is 6.42 Å². The van der Waals surface area contributed by atoms with E-state index in [1.165, 1.54) is 16.7 Å². The number of halogens is 1. The van der Waals surface area contributed by atoms with Crippen molar-refractivity contribution in [3.63, 3.8) is 0 Å². The molecule has 0 amide bonds. The van der Waals surface area contributed by atoms with E-state index >= 15 is 0 Å². The maximum Gasteiger partial charge on any atom is 0.133 e. The van der Waals surface area contributed by atoms with Crippen molar-refractivity contribution in [3.05, 3.63) is 63.6 Å². The van der Waals surface area contributed by atoms with Gasteiger partial charge in [-0.25, -0.2) is 4.68 Å². The van der Waals surface area contributed by atoms with E-state index in [0.29, 0.717) is 0 Å². The van der Waals surface area contributed by atoms with Crippen LogP contribution in [0.4, 0.5) is 5.82 Å². The Morgan fingerprint density at radius 2 is 1.96 bits per heavy atom. The van der Waals surface area contributed by atoms with Gasteiger partial charge in [0.2, 0.25) is 0 Å². The molecule has 1 aliphatic heterocycles. The molecule has 0 atom stereocenters. The fourth-order valence-electron chi connectivity index (χ4n) is 3.26. The first kappa shape index (κ1) is 14.5. The summed E-state index contributed by atoms with van der Waals surface area (Å²) >= 11 is 3.66. The van der Waals surface area contributed by atoms with E-state index in [2.05, 4.69) is 76.2 Å². The first-order valence-electron chi connectivity index (χ1n) is 7.83. The summed E-state index contributed by atoms with van der Waals surface area (Å²) in [6.45, 7) is 5.23. The molecule has 0 fully saturated rings. The fourth-order valence-corrected chi connectivity index (χ4v) is 3.73. The highest BCUT2D eigenvalue weighted by atomic mass is 79.9. The lowest BCUT2D eigenvalue weighted by molar-refractivity contribution is 0.874. The van der Waals surface area contributed by atoms with Gasteiger partial charge in [-0.3, -0.25) is 0 Å². The number of benzene rings is 2. The third-order valence-electron chi connectivity index (χ3n) is 4.36. The highest BCUT2D eigenvalue weighted by Crippen LogP contribution is 2.37. The quantitative estimate of drug-likeness (QED) is 0.698. The molecule has 0 unspecified atom stereocenters. The van der Waals surface area contributed by atoms with E-state index in [-0.39, 0.29) is 0 Å². The highest BCUT2D eigenvalue weighted by Gasteiger charge is 2.25. The second-order valence-electron chi connectivity index (χ2n) is 6.03. The van der Waals surface area contributed by atoms with Gasteiger partial charge in [-0.1, -0.05) is 51.8 Å². The Kier molecular flexibility index (Phi) is 3.49. The van der Waals surface area contributed by atoms with E-state index in [1.807, 2.05) is 6.07 Å². The van der Waals surface area contributed by atoms with Gasteiger partial charge in [-0.2, -0.15) is 5.10 Å². The Bertz CT molecular complexity index is 896. The summed E-state index contributed by atoms with van der Waals surface area (Å²) in [6, 6.07) is 14.8. The predicted octanol–water partition coefficient (Wildman–Crippen LogP) is 4.89. The monoisotopic (exact) mass is 367 g/mol. The maximum atomic E-state index is 4.95. The molecule has 0 saturated heterocycles. The molecule has 116 valence electrons. The average molecular weight is 368 g/mol. The van der Waals surface area contributed by atoms with Crippen molar-refractivity contribution in [2.24, 2.45) is 0 Å². The van der Waals surface area contributed by atoms with Crippen LogP contribution in [0.1, 0.15) is 16.7 Å². The minimum absolute atomic E-state index is 0.968. The zero-order chi connectivity index (χ0) is 16.0. The minimum Gasteiger partial charge on any atom is -0.369 e. The number of nitrogens with zero attached hydrogens (tertiary/aromatic N) is 2. The number of fused-ring (bicyclic) bond motifs is 1. The van der Waals surface area contributed by atoms with Gasteiger partial charge >= 0.3 is 0 Å². The van der Waals surface area contributed by atoms with Crippen molar-refractivity contribution in [2.75, 3.05) is 11.9 Å². The van der Waals surface area contributed by atoms with Crippen molar-refractivity contribution in [2.45, 2.75) is 20.3 Å². The van der Waals surface area contributed by atoms with Crippen LogP contribution in [0.15, 0.2) is 46.9 Å². The molecule has 0 spiro atoms. The van der Waals surface area contributed by atoms with Crippen LogP contribution < -0.4 is 5.32 Å². The summed E-state index contributed by atoms with van der Waals surface area (Å²) in [6.07, 6.45) is 1.01.